The SMILES string of the molecule is COc1cc(/C=C/C(=O)c2ccc(-c3ccc(-c4cncnc4)nc3)s2)cc(OC)c1OC. The van der Waals surface area contributed by atoms with Gasteiger partial charge in [-0.2, -0.15) is 0 Å². The minimum Gasteiger partial charge on any atom is -0.493 e. The van der Waals surface area contributed by atoms with E-state index in [9.17, 15) is 4.79 Å². The van der Waals surface area contributed by atoms with E-state index in [1.54, 1.807) is 58.1 Å². The zero-order chi connectivity index (χ0) is 23.2. The smallest absolute Gasteiger partial charge is 0.203 e. The first kappa shape index (κ1) is 22.2. The Morgan fingerprint density at radius 3 is 2.21 bits per heavy atom. The highest BCUT2D eigenvalue weighted by Crippen LogP contribution is 2.38. The molecule has 0 N–H and O–H groups in total. The Bertz CT molecular complexity index is 1260. The molecule has 0 aliphatic heterocycles. The van der Waals surface area contributed by atoms with Crippen molar-refractivity contribution in [3.05, 3.63) is 77.8 Å². The Hall–Kier alpha value is -4.04. The minimum absolute atomic E-state index is 0.0917. The zero-order valence-electron chi connectivity index (χ0n) is 18.3. The molecule has 4 rings (SSSR count). The van der Waals surface area contributed by atoms with Crippen molar-refractivity contribution in [2.45, 2.75) is 0 Å². The van der Waals surface area contributed by atoms with Crippen LogP contribution in [0.15, 0.2) is 67.4 Å². The summed E-state index contributed by atoms with van der Waals surface area (Å²) in [5.41, 5.74) is 3.34. The summed E-state index contributed by atoms with van der Waals surface area (Å²) in [4.78, 5) is 26.9. The molecule has 8 heteroatoms. The second kappa shape index (κ2) is 10.1. The van der Waals surface area contributed by atoms with E-state index in [0.717, 1.165) is 27.3 Å². The van der Waals surface area contributed by atoms with Crippen LogP contribution < -0.4 is 14.2 Å². The molecule has 0 radical (unpaired) electrons. The van der Waals surface area contributed by atoms with E-state index in [1.165, 1.54) is 23.7 Å². The van der Waals surface area contributed by atoms with Crippen LogP contribution >= 0.6 is 11.3 Å². The predicted molar refractivity (Wildman–Crippen MR) is 128 cm³/mol. The molecule has 166 valence electrons. The van der Waals surface area contributed by atoms with Gasteiger partial charge in [-0.05, 0) is 48.0 Å². The molecule has 0 amide bonds. The number of hydrogen-bond donors (Lipinski definition) is 0. The highest BCUT2D eigenvalue weighted by molar-refractivity contribution is 7.17. The van der Waals surface area contributed by atoms with Crippen LogP contribution in [0.2, 0.25) is 0 Å². The number of nitrogens with zero attached hydrogens (tertiary/aromatic N) is 3. The van der Waals surface area contributed by atoms with Crippen molar-refractivity contribution in [3.8, 4) is 38.9 Å². The van der Waals surface area contributed by atoms with Crippen LogP contribution in [0.5, 0.6) is 17.2 Å². The van der Waals surface area contributed by atoms with Gasteiger partial charge in [-0.25, -0.2) is 9.97 Å². The molecule has 0 atom stereocenters. The first-order valence-corrected chi connectivity index (χ1v) is 10.8. The number of rotatable bonds is 8. The Morgan fingerprint density at radius 1 is 0.879 bits per heavy atom. The lowest BCUT2D eigenvalue weighted by Gasteiger charge is -2.12. The summed E-state index contributed by atoms with van der Waals surface area (Å²) in [5, 5.41) is 0. The highest BCUT2D eigenvalue weighted by atomic mass is 32.1. The van der Waals surface area contributed by atoms with Crippen molar-refractivity contribution < 1.29 is 19.0 Å². The fraction of sp³-hybridized carbons (Fsp3) is 0.120. The summed E-state index contributed by atoms with van der Waals surface area (Å²) in [6.07, 6.45) is 9.97. The molecule has 0 fully saturated rings. The van der Waals surface area contributed by atoms with Crippen molar-refractivity contribution in [1.29, 1.82) is 0 Å². The lowest BCUT2D eigenvalue weighted by Crippen LogP contribution is -1.96. The van der Waals surface area contributed by atoms with Crippen molar-refractivity contribution >= 4 is 23.2 Å². The van der Waals surface area contributed by atoms with Gasteiger partial charge in [0.2, 0.25) is 5.75 Å². The van der Waals surface area contributed by atoms with Crippen LogP contribution in [0.4, 0.5) is 0 Å². The second-order valence-corrected chi connectivity index (χ2v) is 7.96. The highest BCUT2D eigenvalue weighted by Gasteiger charge is 2.13. The first-order valence-electron chi connectivity index (χ1n) is 9.97. The van der Waals surface area contributed by atoms with Gasteiger partial charge in [-0.15, -0.1) is 11.3 Å². The van der Waals surface area contributed by atoms with Gasteiger partial charge < -0.3 is 14.2 Å². The second-order valence-electron chi connectivity index (χ2n) is 6.88. The Balaban J connectivity index is 1.51. The summed E-state index contributed by atoms with van der Waals surface area (Å²) < 4.78 is 16.1. The van der Waals surface area contributed by atoms with Crippen LogP contribution in [0, 0.1) is 0 Å². The molecule has 0 bridgehead atoms. The van der Waals surface area contributed by atoms with Crippen LogP contribution in [0.25, 0.3) is 27.8 Å². The average molecular weight is 460 g/mol. The van der Waals surface area contributed by atoms with Crippen molar-refractivity contribution in [2.24, 2.45) is 0 Å². The van der Waals surface area contributed by atoms with Crippen molar-refractivity contribution in [3.63, 3.8) is 0 Å². The predicted octanol–water partition coefficient (Wildman–Crippen LogP) is 5.19. The number of ketones is 1. The average Bonchev–Trinajstić information content (AvgIpc) is 3.37. The normalized spacial score (nSPS) is 10.9. The van der Waals surface area contributed by atoms with Gasteiger partial charge in [-0.3, -0.25) is 9.78 Å². The van der Waals surface area contributed by atoms with Gasteiger partial charge in [0.05, 0.1) is 31.9 Å². The third-order valence-electron chi connectivity index (χ3n) is 4.87. The van der Waals surface area contributed by atoms with Crippen molar-refractivity contribution in [1.82, 2.24) is 15.0 Å². The molecule has 0 aliphatic rings. The number of benzene rings is 1. The molecule has 0 unspecified atom stereocenters. The lowest BCUT2D eigenvalue weighted by molar-refractivity contribution is 0.105. The molecular weight excluding hydrogens is 438 g/mol. The third-order valence-corrected chi connectivity index (χ3v) is 6.02. The number of pyridine rings is 1. The summed E-state index contributed by atoms with van der Waals surface area (Å²) in [6, 6.07) is 11.2. The number of carbonyl (C=O) groups is 1. The first-order chi connectivity index (χ1) is 16.1. The standard InChI is InChI=1S/C25H21N3O4S/c1-30-21-10-16(11-22(31-2)25(21)32-3)4-7-20(29)24-9-8-23(33-24)17-5-6-19(28-14-17)18-12-26-15-27-13-18/h4-15H,1-3H3/b7-4+. The molecule has 0 saturated carbocycles. The van der Waals surface area contributed by atoms with Gasteiger partial charge in [0.1, 0.15) is 6.33 Å². The van der Waals surface area contributed by atoms with Gasteiger partial charge >= 0.3 is 0 Å². The maximum atomic E-state index is 12.7. The van der Waals surface area contributed by atoms with Gasteiger partial charge in [0.15, 0.2) is 17.3 Å². The molecule has 7 nitrogen and oxygen atoms in total. The van der Waals surface area contributed by atoms with Crippen LogP contribution in [0.1, 0.15) is 15.2 Å². The van der Waals surface area contributed by atoms with Gasteiger partial charge in [0, 0.05) is 34.6 Å². The van der Waals surface area contributed by atoms with Crippen LogP contribution in [0.3, 0.4) is 0 Å². The maximum Gasteiger partial charge on any atom is 0.203 e. The molecule has 0 saturated heterocycles. The molecule has 3 aromatic heterocycles. The van der Waals surface area contributed by atoms with Crippen LogP contribution in [-0.2, 0) is 0 Å². The van der Waals surface area contributed by atoms with Crippen LogP contribution in [-0.4, -0.2) is 42.1 Å². The summed E-state index contributed by atoms with van der Waals surface area (Å²) in [7, 11) is 4.66. The zero-order valence-corrected chi connectivity index (χ0v) is 19.1. The van der Waals surface area contributed by atoms with E-state index >= 15 is 0 Å². The molecular formula is C25H21N3O4S. The Labute approximate surface area is 195 Å². The molecule has 4 aromatic rings. The third kappa shape index (κ3) is 4.91. The molecule has 3 heterocycles. The van der Waals surface area contributed by atoms with E-state index in [2.05, 4.69) is 15.0 Å². The number of ether oxygens (including phenoxy) is 3. The lowest BCUT2D eigenvalue weighted by atomic mass is 10.1. The fourth-order valence-corrected chi connectivity index (χ4v) is 4.14. The van der Waals surface area contributed by atoms with Crippen molar-refractivity contribution in [2.75, 3.05) is 21.3 Å². The van der Waals surface area contributed by atoms with E-state index in [-0.39, 0.29) is 5.78 Å². The summed E-state index contributed by atoms with van der Waals surface area (Å²) >= 11 is 1.42. The molecule has 1 aromatic carbocycles. The maximum absolute atomic E-state index is 12.7. The quantitative estimate of drug-likeness (QED) is 0.265. The number of hydrogen-bond acceptors (Lipinski definition) is 8. The number of carbonyl (C=O) groups excluding carboxylic acids is 1. The van der Waals surface area contributed by atoms with E-state index in [4.69, 9.17) is 14.2 Å². The number of thiophene rings is 1. The molecule has 0 aliphatic carbocycles. The molecule has 33 heavy (non-hydrogen) atoms. The minimum atomic E-state index is -0.0917. The van der Waals surface area contributed by atoms with E-state index < -0.39 is 0 Å². The number of methoxy groups -OCH3 is 3. The number of allylic oxidation sites excluding steroid dienone is 1. The Kier molecular flexibility index (Phi) is 6.75. The largest absolute Gasteiger partial charge is 0.493 e. The summed E-state index contributed by atoms with van der Waals surface area (Å²) in [5.74, 6) is 1.47. The summed E-state index contributed by atoms with van der Waals surface area (Å²) in [6.45, 7) is 0. The van der Waals surface area contributed by atoms with Gasteiger partial charge in [-0.1, -0.05) is 6.08 Å². The van der Waals surface area contributed by atoms with Gasteiger partial charge in [0.25, 0.3) is 0 Å². The topological polar surface area (TPSA) is 83.4 Å². The number of aromatic nitrogens is 3. The van der Waals surface area contributed by atoms with E-state index in [0.29, 0.717) is 22.1 Å². The fourth-order valence-electron chi connectivity index (χ4n) is 3.22. The Morgan fingerprint density at radius 2 is 1.61 bits per heavy atom. The molecule has 0 spiro atoms. The monoisotopic (exact) mass is 459 g/mol. The van der Waals surface area contributed by atoms with E-state index in [1.807, 2.05) is 24.3 Å².